The highest BCUT2D eigenvalue weighted by Crippen LogP contribution is 2.36. The van der Waals surface area contributed by atoms with Crippen LogP contribution in [0.15, 0.2) is 66.7 Å². The number of nitrogens with zero attached hydrogens (tertiary/aromatic N) is 1. The average Bonchev–Trinajstić information content (AvgIpc) is 3.01. The van der Waals surface area contributed by atoms with E-state index >= 15 is 4.39 Å². The number of aromatic hydroxyl groups is 1. The number of hydrogen-bond donors (Lipinski definition) is 2. The van der Waals surface area contributed by atoms with Gasteiger partial charge in [-0.3, -0.25) is 0 Å². The third-order valence-electron chi connectivity index (χ3n) is 5.59. The maximum atomic E-state index is 15.5. The fourth-order valence-corrected chi connectivity index (χ4v) is 3.97. The molecule has 1 heterocycles. The summed E-state index contributed by atoms with van der Waals surface area (Å²) in [6.45, 7) is 6.59. The van der Waals surface area contributed by atoms with E-state index in [0.717, 1.165) is 41.7 Å². The first kappa shape index (κ1) is 20.2. The quantitative estimate of drug-likeness (QED) is 0.391. The number of fused-ring (bicyclic) bond motifs is 1. The van der Waals surface area contributed by atoms with Crippen molar-refractivity contribution in [1.29, 1.82) is 0 Å². The molecule has 0 radical (unpaired) electrons. The number of rotatable bonds is 7. The van der Waals surface area contributed by atoms with Crippen molar-refractivity contribution in [3.63, 3.8) is 0 Å². The van der Waals surface area contributed by atoms with Crippen LogP contribution in [0.25, 0.3) is 22.2 Å². The summed E-state index contributed by atoms with van der Waals surface area (Å²) in [6.07, 6.45) is 0.989. The van der Waals surface area contributed by atoms with Crippen molar-refractivity contribution in [2.45, 2.75) is 26.8 Å². The van der Waals surface area contributed by atoms with Gasteiger partial charge in [-0.25, -0.2) is 4.39 Å². The minimum Gasteiger partial charge on any atom is -0.508 e. The predicted molar refractivity (Wildman–Crippen MR) is 122 cm³/mol. The van der Waals surface area contributed by atoms with Gasteiger partial charge in [0.05, 0.1) is 11.2 Å². The molecule has 0 saturated carbocycles. The van der Waals surface area contributed by atoms with Crippen molar-refractivity contribution in [3.8, 4) is 17.0 Å². The van der Waals surface area contributed by atoms with Crippen LogP contribution in [0.1, 0.15) is 23.6 Å². The summed E-state index contributed by atoms with van der Waals surface area (Å²) in [5.41, 5.74) is 5.62. The van der Waals surface area contributed by atoms with Crippen LogP contribution in [-0.2, 0) is 13.0 Å². The number of phenolic OH excluding ortho intramolecular Hbond substituents is 1. The molecule has 4 heteroatoms. The number of hydrogen-bond acceptors (Lipinski definition) is 2. The van der Waals surface area contributed by atoms with Gasteiger partial charge in [0.15, 0.2) is 5.82 Å². The first-order chi connectivity index (χ1) is 14.6. The minimum absolute atomic E-state index is 0.0694. The molecule has 0 bridgehead atoms. The van der Waals surface area contributed by atoms with Crippen LogP contribution in [-0.4, -0.2) is 22.8 Å². The standard InChI is InChI=1S/C26H27FN2O/c1-3-28-15-14-19-8-10-20(11-9-19)17-29-24-13-12-21(30)16-23(24)25(27)26(29)22-7-5-4-6-18(22)2/h4-13,16,28,30H,3,14-15,17H2,1-2H3. The SMILES string of the molecule is CCNCCc1ccc(Cn2c(-c3ccccc3C)c(F)c3cc(O)ccc32)cc1. The molecule has 0 aliphatic carbocycles. The van der Waals surface area contributed by atoms with Gasteiger partial charge in [0.25, 0.3) is 0 Å². The lowest BCUT2D eigenvalue weighted by molar-refractivity contribution is 0.476. The normalized spacial score (nSPS) is 11.3. The second-order valence-electron chi connectivity index (χ2n) is 7.69. The number of benzene rings is 3. The molecule has 30 heavy (non-hydrogen) atoms. The van der Waals surface area contributed by atoms with Crippen LogP contribution in [0.2, 0.25) is 0 Å². The molecule has 3 nitrogen and oxygen atoms in total. The first-order valence-electron chi connectivity index (χ1n) is 10.4. The fraction of sp³-hybridized carbons (Fsp3) is 0.231. The fourth-order valence-electron chi connectivity index (χ4n) is 3.97. The molecule has 0 amide bonds. The van der Waals surface area contributed by atoms with E-state index in [1.165, 1.54) is 11.6 Å². The Labute approximate surface area is 176 Å². The Bertz CT molecular complexity index is 1160. The highest BCUT2D eigenvalue weighted by molar-refractivity contribution is 5.89. The zero-order chi connectivity index (χ0) is 21.1. The Morgan fingerprint density at radius 1 is 0.967 bits per heavy atom. The summed E-state index contributed by atoms with van der Waals surface area (Å²) in [5.74, 6) is -0.225. The maximum absolute atomic E-state index is 15.5. The second-order valence-corrected chi connectivity index (χ2v) is 7.69. The van der Waals surface area contributed by atoms with E-state index in [4.69, 9.17) is 0 Å². The number of phenols is 1. The van der Waals surface area contributed by atoms with E-state index in [1.807, 2.05) is 35.8 Å². The van der Waals surface area contributed by atoms with Gasteiger partial charge in [0, 0.05) is 17.5 Å². The summed E-state index contributed by atoms with van der Waals surface area (Å²) < 4.78 is 17.6. The van der Waals surface area contributed by atoms with Crippen LogP contribution >= 0.6 is 0 Å². The van der Waals surface area contributed by atoms with E-state index in [2.05, 4.69) is 36.5 Å². The van der Waals surface area contributed by atoms with Gasteiger partial charge in [0.1, 0.15) is 5.75 Å². The van der Waals surface area contributed by atoms with Gasteiger partial charge in [-0.1, -0.05) is 55.5 Å². The van der Waals surface area contributed by atoms with Gasteiger partial charge in [0.2, 0.25) is 0 Å². The zero-order valence-corrected chi connectivity index (χ0v) is 17.5. The van der Waals surface area contributed by atoms with E-state index in [1.54, 1.807) is 12.1 Å². The molecule has 0 saturated heterocycles. The Balaban J connectivity index is 1.76. The molecule has 0 aliphatic heterocycles. The zero-order valence-electron chi connectivity index (χ0n) is 17.5. The lowest BCUT2D eigenvalue weighted by Crippen LogP contribution is -2.16. The summed E-state index contributed by atoms with van der Waals surface area (Å²) in [4.78, 5) is 0. The summed E-state index contributed by atoms with van der Waals surface area (Å²) in [6, 6.07) is 21.3. The molecule has 154 valence electrons. The lowest BCUT2D eigenvalue weighted by Gasteiger charge is -2.13. The van der Waals surface area contributed by atoms with Crippen LogP contribution in [0, 0.1) is 12.7 Å². The molecule has 3 aromatic carbocycles. The third kappa shape index (κ3) is 3.96. The van der Waals surface area contributed by atoms with Crippen molar-refractivity contribution in [3.05, 3.63) is 89.2 Å². The average molecular weight is 403 g/mol. The Kier molecular flexibility index (Phi) is 5.86. The van der Waals surface area contributed by atoms with Crippen LogP contribution in [0.5, 0.6) is 5.75 Å². The molecule has 1 aromatic heterocycles. The van der Waals surface area contributed by atoms with Crippen molar-refractivity contribution in [2.75, 3.05) is 13.1 Å². The molecule has 0 atom stereocenters. The van der Waals surface area contributed by atoms with Crippen molar-refractivity contribution in [2.24, 2.45) is 0 Å². The summed E-state index contributed by atoms with van der Waals surface area (Å²) >= 11 is 0. The number of aromatic nitrogens is 1. The summed E-state index contributed by atoms with van der Waals surface area (Å²) in [7, 11) is 0. The monoisotopic (exact) mass is 402 g/mol. The van der Waals surface area contributed by atoms with Gasteiger partial charge >= 0.3 is 0 Å². The number of halogens is 1. The highest BCUT2D eigenvalue weighted by atomic mass is 19.1. The van der Waals surface area contributed by atoms with E-state index < -0.39 is 0 Å². The molecule has 0 spiro atoms. The number of likely N-dealkylation sites (N-methyl/N-ethyl adjacent to an activating group) is 1. The van der Waals surface area contributed by atoms with Gasteiger partial charge in [-0.15, -0.1) is 0 Å². The second kappa shape index (κ2) is 8.72. The van der Waals surface area contributed by atoms with Crippen molar-refractivity contribution >= 4 is 10.9 Å². The molecule has 4 aromatic rings. The van der Waals surface area contributed by atoms with E-state index in [9.17, 15) is 5.11 Å². The third-order valence-corrected chi connectivity index (χ3v) is 5.59. The predicted octanol–water partition coefficient (Wildman–Crippen LogP) is 5.66. The highest BCUT2D eigenvalue weighted by Gasteiger charge is 2.20. The number of aryl methyl sites for hydroxylation is 1. The maximum Gasteiger partial charge on any atom is 0.156 e. The topological polar surface area (TPSA) is 37.2 Å². The van der Waals surface area contributed by atoms with Gasteiger partial charge in [-0.2, -0.15) is 0 Å². The largest absolute Gasteiger partial charge is 0.508 e. The molecule has 0 unspecified atom stereocenters. The first-order valence-corrected chi connectivity index (χ1v) is 10.4. The Hall–Kier alpha value is -3.11. The van der Waals surface area contributed by atoms with Gasteiger partial charge in [-0.05, 0) is 61.3 Å². The van der Waals surface area contributed by atoms with Crippen LogP contribution in [0.4, 0.5) is 4.39 Å². The number of nitrogens with one attached hydrogen (secondary N) is 1. The molecular formula is C26H27FN2O. The molecule has 0 fully saturated rings. The smallest absolute Gasteiger partial charge is 0.156 e. The Morgan fingerprint density at radius 2 is 1.70 bits per heavy atom. The van der Waals surface area contributed by atoms with Crippen molar-refractivity contribution < 1.29 is 9.50 Å². The minimum atomic E-state index is -0.294. The molecule has 4 rings (SSSR count). The van der Waals surface area contributed by atoms with Crippen molar-refractivity contribution in [1.82, 2.24) is 9.88 Å². The van der Waals surface area contributed by atoms with E-state index in [-0.39, 0.29) is 11.6 Å². The molecular weight excluding hydrogens is 375 g/mol. The molecule has 0 aliphatic rings. The van der Waals surface area contributed by atoms with E-state index in [0.29, 0.717) is 17.6 Å². The lowest BCUT2D eigenvalue weighted by atomic mass is 10.0. The van der Waals surface area contributed by atoms with Crippen LogP contribution < -0.4 is 5.32 Å². The van der Waals surface area contributed by atoms with Crippen LogP contribution in [0.3, 0.4) is 0 Å². The Morgan fingerprint density at radius 3 is 2.43 bits per heavy atom. The molecule has 2 N–H and O–H groups in total. The van der Waals surface area contributed by atoms with Gasteiger partial charge < -0.3 is 15.0 Å². The summed E-state index contributed by atoms with van der Waals surface area (Å²) in [5, 5.41) is 13.7.